The maximum atomic E-state index is 11.0. The first-order valence-corrected chi connectivity index (χ1v) is 11.4. The Bertz CT molecular complexity index is 1010. The Labute approximate surface area is 185 Å². The lowest BCUT2D eigenvalue weighted by molar-refractivity contribution is -0.118. The van der Waals surface area contributed by atoms with Crippen molar-refractivity contribution in [1.29, 1.82) is 0 Å². The molecule has 0 spiro atoms. The maximum absolute atomic E-state index is 11.0. The third-order valence-corrected chi connectivity index (χ3v) is 5.55. The lowest BCUT2D eigenvalue weighted by Crippen LogP contribution is -2.20. The summed E-state index contributed by atoms with van der Waals surface area (Å²) in [5, 5.41) is 2.86. The van der Waals surface area contributed by atoms with Crippen LogP contribution in [0.25, 0.3) is 11.0 Å². The van der Waals surface area contributed by atoms with Crippen LogP contribution >= 0.6 is 0 Å². The molecule has 31 heavy (non-hydrogen) atoms. The molecule has 1 heterocycles. The molecule has 0 bridgehead atoms. The van der Waals surface area contributed by atoms with Gasteiger partial charge in [-0.2, -0.15) is 0 Å². The van der Waals surface area contributed by atoms with E-state index in [1.54, 1.807) is 6.92 Å². The van der Waals surface area contributed by atoms with Gasteiger partial charge in [-0.05, 0) is 55.0 Å². The third-order valence-electron chi connectivity index (χ3n) is 5.55. The summed E-state index contributed by atoms with van der Waals surface area (Å²) in [4.78, 5) is 15.9. The summed E-state index contributed by atoms with van der Waals surface area (Å²) in [6.07, 6.45) is 4.05. The number of fused-ring (bicyclic) bond motifs is 1. The molecule has 0 unspecified atom stereocenters. The van der Waals surface area contributed by atoms with E-state index in [9.17, 15) is 4.79 Å². The summed E-state index contributed by atoms with van der Waals surface area (Å²) < 4.78 is 8.55. The van der Waals surface area contributed by atoms with Crippen LogP contribution in [0.1, 0.15) is 62.9 Å². The van der Waals surface area contributed by atoms with E-state index in [4.69, 9.17) is 9.72 Å². The van der Waals surface area contributed by atoms with Crippen molar-refractivity contribution >= 4 is 16.9 Å². The van der Waals surface area contributed by atoms with Crippen molar-refractivity contribution in [3.05, 3.63) is 59.4 Å². The number of amides is 1. The first kappa shape index (κ1) is 22.9. The van der Waals surface area contributed by atoms with Crippen LogP contribution in [0.4, 0.5) is 0 Å². The molecule has 1 N–H and O–H groups in total. The van der Waals surface area contributed by atoms with Crippen LogP contribution in [0.15, 0.2) is 42.5 Å². The molecular formula is C26H35N3O2. The highest BCUT2D eigenvalue weighted by Gasteiger charge is 2.12. The molecule has 1 amide bonds. The number of rotatable bonds is 11. The van der Waals surface area contributed by atoms with Crippen LogP contribution in [0.5, 0.6) is 5.75 Å². The highest BCUT2D eigenvalue weighted by Crippen LogP contribution is 2.27. The largest absolute Gasteiger partial charge is 0.491 e. The van der Waals surface area contributed by atoms with Crippen molar-refractivity contribution in [2.45, 2.75) is 65.8 Å². The second-order valence-corrected chi connectivity index (χ2v) is 8.51. The number of imidazole rings is 1. The zero-order valence-corrected chi connectivity index (χ0v) is 19.3. The first-order valence-electron chi connectivity index (χ1n) is 11.4. The topological polar surface area (TPSA) is 56.2 Å². The Kier molecular flexibility index (Phi) is 8.10. The molecule has 5 nitrogen and oxygen atoms in total. The molecule has 0 aliphatic heterocycles. The van der Waals surface area contributed by atoms with Gasteiger partial charge in [0.2, 0.25) is 5.91 Å². The monoisotopic (exact) mass is 421 g/mol. The van der Waals surface area contributed by atoms with Gasteiger partial charge in [0.25, 0.3) is 0 Å². The van der Waals surface area contributed by atoms with Crippen LogP contribution in [0, 0.1) is 6.92 Å². The molecule has 3 rings (SSSR count). The van der Waals surface area contributed by atoms with Crippen molar-refractivity contribution in [1.82, 2.24) is 14.9 Å². The van der Waals surface area contributed by atoms with Crippen molar-refractivity contribution < 1.29 is 9.53 Å². The van der Waals surface area contributed by atoms with Gasteiger partial charge in [-0.3, -0.25) is 4.79 Å². The second kappa shape index (κ2) is 11.0. The molecule has 2 aromatic carbocycles. The summed E-state index contributed by atoms with van der Waals surface area (Å²) in [5.41, 5.74) is 4.66. The number of hydrogen-bond donors (Lipinski definition) is 1. The summed E-state index contributed by atoms with van der Waals surface area (Å²) in [5.74, 6) is 2.56. The number of unbranched alkanes of at least 4 members (excludes halogenated alkanes) is 2. The van der Waals surface area contributed by atoms with Crippen LogP contribution < -0.4 is 10.1 Å². The van der Waals surface area contributed by atoms with Gasteiger partial charge in [-0.1, -0.05) is 44.5 Å². The van der Waals surface area contributed by atoms with Crippen LogP contribution in [-0.4, -0.2) is 28.6 Å². The predicted octanol–water partition coefficient (Wildman–Crippen LogP) is 5.40. The van der Waals surface area contributed by atoms with Gasteiger partial charge in [0.05, 0.1) is 17.6 Å². The molecule has 3 aromatic rings. The van der Waals surface area contributed by atoms with Gasteiger partial charge in [0.1, 0.15) is 18.2 Å². The number of carbonyl (C=O) groups is 1. The number of nitrogens with one attached hydrogen (secondary N) is 1. The van der Waals surface area contributed by atoms with Gasteiger partial charge in [-0.25, -0.2) is 4.98 Å². The summed E-state index contributed by atoms with van der Waals surface area (Å²) >= 11 is 0. The van der Waals surface area contributed by atoms with E-state index < -0.39 is 0 Å². The molecule has 5 heteroatoms. The van der Waals surface area contributed by atoms with E-state index in [1.165, 1.54) is 11.1 Å². The summed E-state index contributed by atoms with van der Waals surface area (Å²) in [7, 11) is 0. The zero-order valence-electron chi connectivity index (χ0n) is 19.3. The fourth-order valence-corrected chi connectivity index (χ4v) is 3.91. The Morgan fingerprint density at radius 1 is 1.13 bits per heavy atom. The molecule has 0 fully saturated rings. The highest BCUT2D eigenvalue weighted by atomic mass is 16.5. The van der Waals surface area contributed by atoms with E-state index in [1.807, 2.05) is 6.07 Å². The van der Waals surface area contributed by atoms with Gasteiger partial charge in [0.15, 0.2) is 0 Å². The van der Waals surface area contributed by atoms with Crippen molar-refractivity contribution in [3.8, 4) is 5.75 Å². The number of benzene rings is 2. The minimum atomic E-state index is 0.0380. The molecule has 0 saturated carbocycles. The fraction of sp³-hybridized carbons (Fsp3) is 0.462. The Hall–Kier alpha value is -2.82. The molecule has 166 valence electrons. The number of aromatic nitrogens is 2. The van der Waals surface area contributed by atoms with Gasteiger partial charge < -0.3 is 14.6 Å². The minimum Gasteiger partial charge on any atom is -0.491 e. The zero-order chi connectivity index (χ0) is 22.2. The smallest absolute Gasteiger partial charge is 0.216 e. The van der Waals surface area contributed by atoms with E-state index in [0.29, 0.717) is 12.5 Å². The van der Waals surface area contributed by atoms with Gasteiger partial charge >= 0.3 is 0 Å². The lowest BCUT2D eigenvalue weighted by atomic mass is 10.0. The quantitative estimate of drug-likeness (QED) is 0.422. The molecule has 0 aliphatic carbocycles. The number of para-hydroxylation sites is 2. The maximum Gasteiger partial charge on any atom is 0.216 e. The number of hydrogen-bond acceptors (Lipinski definition) is 3. The first-order chi connectivity index (χ1) is 15.0. The predicted molar refractivity (Wildman–Crippen MR) is 127 cm³/mol. The lowest BCUT2D eigenvalue weighted by Gasteiger charge is -2.16. The molecule has 0 atom stereocenters. The van der Waals surface area contributed by atoms with E-state index >= 15 is 0 Å². The van der Waals surface area contributed by atoms with Crippen LogP contribution in [0.2, 0.25) is 0 Å². The Morgan fingerprint density at radius 3 is 2.71 bits per heavy atom. The van der Waals surface area contributed by atoms with Crippen LogP contribution in [-0.2, 0) is 17.8 Å². The number of nitrogens with zero attached hydrogens (tertiary/aromatic N) is 2. The molecule has 0 aliphatic rings. The number of aryl methyl sites for hydroxylation is 2. The van der Waals surface area contributed by atoms with Crippen molar-refractivity contribution in [3.63, 3.8) is 0 Å². The van der Waals surface area contributed by atoms with Crippen molar-refractivity contribution in [2.24, 2.45) is 0 Å². The molecule has 1 aromatic heterocycles. The van der Waals surface area contributed by atoms with E-state index in [2.05, 4.69) is 67.1 Å². The Balaban J connectivity index is 1.65. The van der Waals surface area contributed by atoms with Gasteiger partial charge in [-0.15, -0.1) is 0 Å². The SMILES string of the molecule is CC(=O)NCCCCCc1nc2ccccc2n1CCOc1cc(C)ccc1C(C)C. The normalized spacial score (nSPS) is 11.3. The molecule has 0 saturated heterocycles. The minimum absolute atomic E-state index is 0.0380. The average molecular weight is 422 g/mol. The molecule has 0 radical (unpaired) electrons. The number of ether oxygens (including phenoxy) is 1. The number of carbonyl (C=O) groups excluding carboxylic acids is 1. The van der Waals surface area contributed by atoms with Gasteiger partial charge in [0, 0.05) is 19.9 Å². The average Bonchev–Trinajstić information content (AvgIpc) is 3.08. The third kappa shape index (κ3) is 6.33. The van der Waals surface area contributed by atoms with E-state index in [0.717, 1.165) is 61.4 Å². The van der Waals surface area contributed by atoms with Crippen LogP contribution in [0.3, 0.4) is 0 Å². The van der Waals surface area contributed by atoms with Crippen molar-refractivity contribution in [2.75, 3.05) is 13.2 Å². The van der Waals surface area contributed by atoms with E-state index in [-0.39, 0.29) is 5.91 Å². The highest BCUT2D eigenvalue weighted by molar-refractivity contribution is 5.75. The summed E-state index contributed by atoms with van der Waals surface area (Å²) in [6, 6.07) is 14.8. The Morgan fingerprint density at radius 2 is 1.94 bits per heavy atom. The fourth-order valence-electron chi connectivity index (χ4n) is 3.91. The summed E-state index contributed by atoms with van der Waals surface area (Å²) in [6.45, 7) is 10.2. The molecular weight excluding hydrogens is 386 g/mol. The second-order valence-electron chi connectivity index (χ2n) is 8.51. The standard InChI is InChI=1S/C26H35N3O2/c1-19(2)22-14-13-20(3)18-25(22)31-17-16-29-24-11-8-7-10-23(24)28-26(29)12-6-5-9-15-27-21(4)30/h7-8,10-11,13-14,18-19H,5-6,9,12,15-17H2,1-4H3,(H,27,30).